The molecule has 0 heterocycles. The number of methoxy groups -OCH3 is 1. The molecule has 0 bridgehead atoms. The van der Waals surface area contributed by atoms with Gasteiger partial charge in [0.2, 0.25) is 5.91 Å². The third-order valence-electron chi connectivity index (χ3n) is 14.0. The van der Waals surface area contributed by atoms with E-state index in [1.807, 2.05) is 13.8 Å². The minimum Gasteiger partial charge on any atom is -0.467 e. The molecule has 4 aliphatic rings. The summed E-state index contributed by atoms with van der Waals surface area (Å²) >= 11 is 0. The summed E-state index contributed by atoms with van der Waals surface area (Å²) in [7, 11) is 1.37. The Balaban J connectivity index is 0.000000468. The number of amides is 1. The van der Waals surface area contributed by atoms with Crippen molar-refractivity contribution in [2.24, 2.45) is 63.9 Å². The van der Waals surface area contributed by atoms with Gasteiger partial charge in [-0.2, -0.15) is 0 Å². The fraction of sp³-hybridized carbons (Fsp3) is 0.951. The van der Waals surface area contributed by atoms with Gasteiger partial charge in [-0.1, -0.05) is 99.8 Å². The second-order valence-corrected chi connectivity index (χ2v) is 17.5. The molecule has 0 radical (unpaired) electrons. The highest BCUT2D eigenvalue weighted by Gasteiger charge is 2.62. The van der Waals surface area contributed by atoms with Crippen molar-refractivity contribution in [3.05, 3.63) is 0 Å². The Hall–Kier alpha value is -1.14. The van der Waals surface area contributed by atoms with Crippen LogP contribution in [-0.2, 0) is 14.3 Å². The molecule has 4 fully saturated rings. The van der Waals surface area contributed by atoms with Gasteiger partial charge in [-0.25, -0.2) is 4.79 Å². The van der Waals surface area contributed by atoms with E-state index < -0.39 is 6.04 Å². The maximum absolute atomic E-state index is 12.7. The Kier molecular flexibility index (Phi) is 16.1. The van der Waals surface area contributed by atoms with Crippen LogP contribution in [0.1, 0.15) is 164 Å². The smallest absolute Gasteiger partial charge is 0.328 e. The Bertz CT molecular complexity index is 948. The first-order chi connectivity index (χ1) is 22.3. The van der Waals surface area contributed by atoms with E-state index in [-0.39, 0.29) is 29.3 Å². The lowest BCUT2D eigenvalue weighted by molar-refractivity contribution is -0.168. The van der Waals surface area contributed by atoms with E-state index >= 15 is 0 Å². The number of carbonyl (C=O) groups is 2. The van der Waals surface area contributed by atoms with Crippen LogP contribution in [0.3, 0.4) is 0 Å². The average molecular weight is 661 g/mol. The summed E-state index contributed by atoms with van der Waals surface area (Å²) in [5, 5.41) is 14.4. The van der Waals surface area contributed by atoms with E-state index in [1.54, 1.807) is 0 Å². The molecule has 0 spiro atoms. The molecule has 0 aliphatic heterocycles. The summed E-state index contributed by atoms with van der Waals surface area (Å²) in [6.07, 6.45) is 22.1. The number of hydrogen-bond donors (Lipinski definition) is 3. The van der Waals surface area contributed by atoms with Gasteiger partial charge in [0.15, 0.2) is 0 Å². The van der Waals surface area contributed by atoms with E-state index in [0.717, 1.165) is 25.3 Å². The van der Waals surface area contributed by atoms with Crippen LogP contribution >= 0.6 is 0 Å². The number of rotatable bonds is 15. The van der Waals surface area contributed by atoms with Crippen molar-refractivity contribution < 1.29 is 19.4 Å². The quantitative estimate of drug-likeness (QED) is 0.120. The molecule has 0 aromatic carbocycles. The standard InChI is InChI=1S/C31H53NO4.C10H23N/c1-18(2)28(29(35)36-7)32-26(34)11-8-20(4)22-9-10-23-27-24(13-15-31(22,23)6)30(5)14-12-19(3)16-21(30)17-25(27)33;1-2-3-4-5-6-7-8-9-10-11/h18-25,27-28,33H,8-17H2,1-7H3,(H,32,34);2-11H2,1H3/t19-,20?,21-,22?,23?,24?,25+,27?,28?,30-,31+;/m0./s1. The van der Waals surface area contributed by atoms with Crippen LogP contribution in [0.4, 0.5) is 0 Å². The van der Waals surface area contributed by atoms with E-state index in [4.69, 9.17) is 10.5 Å². The lowest BCUT2D eigenvalue weighted by atomic mass is 9.43. The number of aliphatic hydroxyl groups is 1. The molecule has 6 heteroatoms. The van der Waals surface area contributed by atoms with Gasteiger partial charge in [0.05, 0.1) is 13.2 Å². The second kappa shape index (κ2) is 18.7. The molecule has 6 unspecified atom stereocenters. The highest BCUT2D eigenvalue weighted by Crippen LogP contribution is 2.68. The Morgan fingerprint density at radius 3 is 2.13 bits per heavy atom. The lowest BCUT2D eigenvalue weighted by Gasteiger charge is -2.62. The first-order valence-electron chi connectivity index (χ1n) is 20.1. The highest BCUT2D eigenvalue weighted by atomic mass is 16.5. The molecule has 4 rings (SSSR count). The second-order valence-electron chi connectivity index (χ2n) is 17.5. The molecule has 274 valence electrons. The monoisotopic (exact) mass is 661 g/mol. The zero-order valence-corrected chi connectivity index (χ0v) is 32.0. The molecule has 6 nitrogen and oxygen atoms in total. The van der Waals surface area contributed by atoms with Crippen molar-refractivity contribution in [2.75, 3.05) is 13.7 Å². The number of ether oxygens (including phenoxy) is 1. The molecule has 1 amide bonds. The lowest BCUT2D eigenvalue weighted by Crippen LogP contribution is -2.58. The number of unbranched alkanes of at least 4 members (excludes halogenated alkanes) is 7. The maximum Gasteiger partial charge on any atom is 0.328 e. The first kappa shape index (κ1) is 40.3. The fourth-order valence-electron chi connectivity index (χ4n) is 11.1. The van der Waals surface area contributed by atoms with E-state index in [1.165, 1.54) is 103 Å². The van der Waals surface area contributed by atoms with Crippen molar-refractivity contribution in [3.63, 3.8) is 0 Å². The van der Waals surface area contributed by atoms with Crippen molar-refractivity contribution >= 4 is 11.9 Å². The van der Waals surface area contributed by atoms with Crippen molar-refractivity contribution in [1.82, 2.24) is 5.32 Å². The van der Waals surface area contributed by atoms with E-state index in [9.17, 15) is 14.7 Å². The molecule has 4 aliphatic carbocycles. The van der Waals surface area contributed by atoms with Gasteiger partial charge in [-0.3, -0.25) is 4.79 Å². The minimum absolute atomic E-state index is 0.000682. The number of hydrogen-bond acceptors (Lipinski definition) is 5. The number of fused-ring (bicyclic) bond motifs is 5. The largest absolute Gasteiger partial charge is 0.467 e. The highest BCUT2D eigenvalue weighted by molar-refractivity contribution is 5.84. The minimum atomic E-state index is -0.581. The Morgan fingerprint density at radius 2 is 1.51 bits per heavy atom. The van der Waals surface area contributed by atoms with E-state index in [2.05, 4.69) is 39.9 Å². The number of nitrogens with two attached hydrogens (primary N) is 1. The van der Waals surface area contributed by atoms with Crippen LogP contribution in [0.2, 0.25) is 0 Å². The van der Waals surface area contributed by atoms with Crippen LogP contribution in [0, 0.1) is 58.2 Å². The summed E-state index contributed by atoms with van der Waals surface area (Å²) in [5.41, 5.74) is 6.06. The van der Waals surface area contributed by atoms with Crippen molar-refractivity contribution in [1.29, 1.82) is 0 Å². The van der Waals surface area contributed by atoms with Gasteiger partial charge in [0.1, 0.15) is 6.04 Å². The SMILES string of the molecule is CCCCCCCCCCN.COC(=O)C(NC(=O)CCC(C)C1CCC2C3C(CC[C@]12C)[C@@]1(C)CC[C@H](C)C[C@H]1C[C@H]3O)C(C)C. The number of aliphatic hydroxyl groups excluding tert-OH is 1. The molecule has 4 N–H and O–H groups in total. The average Bonchev–Trinajstić information content (AvgIpc) is 3.40. The predicted octanol–water partition coefficient (Wildman–Crippen LogP) is 9.07. The van der Waals surface area contributed by atoms with Crippen molar-refractivity contribution in [2.45, 2.75) is 176 Å². The molecular formula is C41H76N2O4. The molecule has 4 saturated carbocycles. The van der Waals surface area contributed by atoms with Gasteiger partial charge >= 0.3 is 5.97 Å². The molecule has 0 aromatic heterocycles. The van der Waals surface area contributed by atoms with Crippen LogP contribution in [-0.4, -0.2) is 42.8 Å². The fourth-order valence-corrected chi connectivity index (χ4v) is 11.1. The van der Waals surface area contributed by atoms with Gasteiger partial charge in [-0.05, 0) is 123 Å². The Labute approximate surface area is 289 Å². The van der Waals surface area contributed by atoms with Crippen LogP contribution in [0.15, 0.2) is 0 Å². The molecule has 0 aromatic rings. The third kappa shape index (κ3) is 9.98. The van der Waals surface area contributed by atoms with Gasteiger partial charge < -0.3 is 20.9 Å². The third-order valence-corrected chi connectivity index (χ3v) is 14.0. The van der Waals surface area contributed by atoms with Crippen molar-refractivity contribution in [3.8, 4) is 0 Å². The number of carbonyl (C=O) groups excluding carboxylic acids is 2. The summed E-state index contributed by atoms with van der Waals surface area (Å²) in [5.74, 6) is 3.85. The molecule has 0 saturated heterocycles. The van der Waals surface area contributed by atoms with Crippen LogP contribution in [0.5, 0.6) is 0 Å². The summed E-state index contributed by atoms with van der Waals surface area (Å²) in [6.45, 7) is 16.8. The number of esters is 1. The van der Waals surface area contributed by atoms with E-state index in [0.29, 0.717) is 47.3 Å². The summed E-state index contributed by atoms with van der Waals surface area (Å²) in [6, 6.07) is -0.581. The van der Waals surface area contributed by atoms with Crippen LogP contribution < -0.4 is 11.1 Å². The summed E-state index contributed by atoms with van der Waals surface area (Å²) < 4.78 is 4.88. The molecule has 47 heavy (non-hydrogen) atoms. The molecular weight excluding hydrogens is 584 g/mol. The first-order valence-corrected chi connectivity index (χ1v) is 20.1. The predicted molar refractivity (Wildman–Crippen MR) is 195 cm³/mol. The number of nitrogens with one attached hydrogen (secondary N) is 1. The maximum atomic E-state index is 12.7. The van der Waals surface area contributed by atoms with Crippen LogP contribution in [0.25, 0.3) is 0 Å². The van der Waals surface area contributed by atoms with Gasteiger partial charge in [0, 0.05) is 6.42 Å². The Morgan fingerprint density at radius 1 is 0.894 bits per heavy atom. The topological polar surface area (TPSA) is 102 Å². The zero-order chi connectivity index (χ0) is 34.8. The summed E-state index contributed by atoms with van der Waals surface area (Å²) in [4.78, 5) is 24.8. The van der Waals surface area contributed by atoms with Gasteiger partial charge in [-0.15, -0.1) is 0 Å². The zero-order valence-electron chi connectivity index (χ0n) is 32.0. The molecule has 11 atom stereocenters. The normalized spacial score (nSPS) is 35.9. The van der Waals surface area contributed by atoms with Gasteiger partial charge in [0.25, 0.3) is 0 Å².